The van der Waals surface area contributed by atoms with Gasteiger partial charge in [0, 0.05) is 11.4 Å². The molecule has 112 valence electrons. The third-order valence-corrected chi connectivity index (χ3v) is 3.18. The number of halogens is 1. The Balaban J connectivity index is 1.99. The summed E-state index contributed by atoms with van der Waals surface area (Å²) < 4.78 is 6.90. The number of rotatable bonds is 5. The number of methoxy groups -OCH3 is 1. The normalized spacial score (nSPS) is 10.5. The van der Waals surface area contributed by atoms with Gasteiger partial charge in [-0.25, -0.2) is 9.67 Å². The van der Waals surface area contributed by atoms with Crippen LogP contribution in [0.2, 0.25) is 5.02 Å². The molecule has 21 heavy (non-hydrogen) atoms. The van der Waals surface area contributed by atoms with Crippen LogP contribution in [0.4, 0.5) is 5.69 Å². The van der Waals surface area contributed by atoms with Crippen molar-refractivity contribution >= 4 is 23.2 Å². The van der Waals surface area contributed by atoms with Gasteiger partial charge in [-0.1, -0.05) is 11.6 Å². The number of nitrogens with zero attached hydrogens (tertiary/aromatic N) is 3. The molecule has 0 spiro atoms. The molecule has 1 N–H and O–H groups in total. The van der Waals surface area contributed by atoms with Gasteiger partial charge in [-0.05, 0) is 32.0 Å². The van der Waals surface area contributed by atoms with Crippen LogP contribution in [0, 0.1) is 13.8 Å². The van der Waals surface area contributed by atoms with E-state index in [0.29, 0.717) is 35.2 Å². The molecule has 6 nitrogen and oxygen atoms in total. The number of amides is 1. The van der Waals surface area contributed by atoms with Crippen LogP contribution >= 0.6 is 11.6 Å². The van der Waals surface area contributed by atoms with E-state index in [2.05, 4.69) is 15.4 Å². The molecule has 0 aliphatic carbocycles. The van der Waals surface area contributed by atoms with E-state index < -0.39 is 0 Å². The van der Waals surface area contributed by atoms with Crippen molar-refractivity contribution in [3.63, 3.8) is 0 Å². The summed E-state index contributed by atoms with van der Waals surface area (Å²) in [7, 11) is 1.54. The smallest absolute Gasteiger partial charge is 0.226 e. The molecule has 1 aromatic carbocycles. The fourth-order valence-electron chi connectivity index (χ4n) is 1.97. The van der Waals surface area contributed by atoms with Gasteiger partial charge < -0.3 is 10.1 Å². The zero-order chi connectivity index (χ0) is 15.4. The minimum atomic E-state index is -0.136. The lowest BCUT2D eigenvalue weighted by Crippen LogP contribution is -2.16. The molecule has 0 radical (unpaired) electrons. The number of ether oxygens (including phenoxy) is 1. The van der Waals surface area contributed by atoms with E-state index in [9.17, 15) is 4.79 Å². The molecule has 2 rings (SSSR count). The first-order valence-corrected chi connectivity index (χ1v) is 6.89. The van der Waals surface area contributed by atoms with Gasteiger partial charge in [0.1, 0.15) is 17.4 Å². The van der Waals surface area contributed by atoms with Crippen LogP contribution in [0.3, 0.4) is 0 Å². The van der Waals surface area contributed by atoms with Gasteiger partial charge in [0.2, 0.25) is 5.91 Å². The summed E-state index contributed by atoms with van der Waals surface area (Å²) in [6.07, 6.45) is 0.291. The van der Waals surface area contributed by atoms with Crippen LogP contribution in [0.25, 0.3) is 0 Å². The zero-order valence-corrected chi connectivity index (χ0v) is 12.9. The van der Waals surface area contributed by atoms with Crippen molar-refractivity contribution in [3.8, 4) is 5.75 Å². The summed E-state index contributed by atoms with van der Waals surface area (Å²) in [4.78, 5) is 16.2. The molecule has 1 amide bonds. The summed E-state index contributed by atoms with van der Waals surface area (Å²) in [6.45, 7) is 4.15. The van der Waals surface area contributed by atoms with Crippen molar-refractivity contribution in [2.45, 2.75) is 26.8 Å². The first-order chi connectivity index (χ1) is 9.99. The predicted molar refractivity (Wildman–Crippen MR) is 80.7 cm³/mol. The van der Waals surface area contributed by atoms with Crippen LogP contribution in [0.1, 0.15) is 18.1 Å². The molecule has 7 heteroatoms. The van der Waals surface area contributed by atoms with Crippen LogP contribution in [0.15, 0.2) is 18.2 Å². The van der Waals surface area contributed by atoms with E-state index >= 15 is 0 Å². The molecule has 0 aliphatic heterocycles. The number of hydrogen-bond acceptors (Lipinski definition) is 4. The highest BCUT2D eigenvalue weighted by Crippen LogP contribution is 2.27. The molecule has 0 bridgehead atoms. The molecular formula is C14H17ClN4O2. The molecule has 0 fully saturated rings. The molecule has 0 saturated heterocycles. The molecule has 0 aliphatic rings. The lowest BCUT2D eigenvalue weighted by Gasteiger charge is -2.10. The van der Waals surface area contributed by atoms with Crippen molar-refractivity contribution < 1.29 is 9.53 Å². The maximum absolute atomic E-state index is 12.0. The second-order valence-electron chi connectivity index (χ2n) is 4.57. The second kappa shape index (κ2) is 6.58. The van der Waals surface area contributed by atoms with Crippen molar-refractivity contribution in [1.82, 2.24) is 14.8 Å². The average molecular weight is 309 g/mol. The van der Waals surface area contributed by atoms with Crippen LogP contribution in [-0.4, -0.2) is 27.8 Å². The lowest BCUT2D eigenvalue weighted by atomic mass is 10.2. The highest BCUT2D eigenvalue weighted by atomic mass is 35.5. The quantitative estimate of drug-likeness (QED) is 0.921. The SMILES string of the molecule is COc1ccc(Cl)cc1NC(=O)CCn1nc(C)nc1C. The number of aromatic nitrogens is 3. The summed E-state index contributed by atoms with van der Waals surface area (Å²) in [5, 5.41) is 7.54. The number of carbonyl (C=O) groups is 1. The minimum absolute atomic E-state index is 0.136. The van der Waals surface area contributed by atoms with Crippen molar-refractivity contribution in [2.24, 2.45) is 0 Å². The molecule has 0 unspecified atom stereocenters. The number of benzene rings is 1. The molecule has 1 aromatic heterocycles. The van der Waals surface area contributed by atoms with E-state index in [1.165, 1.54) is 0 Å². The van der Waals surface area contributed by atoms with Gasteiger partial charge in [0.25, 0.3) is 0 Å². The number of nitrogens with one attached hydrogen (secondary N) is 1. The van der Waals surface area contributed by atoms with Crippen LogP contribution < -0.4 is 10.1 Å². The topological polar surface area (TPSA) is 69.0 Å². The number of aryl methyl sites for hydroxylation is 3. The minimum Gasteiger partial charge on any atom is -0.495 e. The number of anilines is 1. The lowest BCUT2D eigenvalue weighted by molar-refractivity contribution is -0.116. The van der Waals surface area contributed by atoms with Crippen LogP contribution in [-0.2, 0) is 11.3 Å². The highest BCUT2D eigenvalue weighted by molar-refractivity contribution is 6.31. The summed E-state index contributed by atoms with van der Waals surface area (Å²) in [5.74, 6) is 1.92. The fourth-order valence-corrected chi connectivity index (χ4v) is 2.14. The van der Waals surface area contributed by atoms with Crippen molar-refractivity contribution in [3.05, 3.63) is 34.9 Å². The average Bonchev–Trinajstić information content (AvgIpc) is 2.75. The third kappa shape index (κ3) is 3.95. The Bertz CT molecular complexity index is 654. The molecular weight excluding hydrogens is 292 g/mol. The second-order valence-corrected chi connectivity index (χ2v) is 5.01. The van der Waals surface area contributed by atoms with E-state index in [4.69, 9.17) is 16.3 Å². The van der Waals surface area contributed by atoms with Gasteiger partial charge >= 0.3 is 0 Å². The first kappa shape index (κ1) is 15.3. The molecule has 2 aromatic rings. The first-order valence-electron chi connectivity index (χ1n) is 6.51. The van der Waals surface area contributed by atoms with Crippen molar-refractivity contribution in [1.29, 1.82) is 0 Å². The third-order valence-electron chi connectivity index (χ3n) is 2.95. The summed E-state index contributed by atoms with van der Waals surface area (Å²) in [6, 6.07) is 5.07. The Hall–Kier alpha value is -2.08. The standard InChI is InChI=1S/C14H17ClN4O2/c1-9-16-10(2)19(18-9)7-6-14(20)17-12-8-11(15)4-5-13(12)21-3/h4-5,8H,6-7H2,1-3H3,(H,17,20). The number of carbonyl (C=O) groups excluding carboxylic acids is 1. The van der Waals surface area contributed by atoms with E-state index in [0.717, 1.165) is 5.82 Å². The Morgan fingerprint density at radius 2 is 2.19 bits per heavy atom. The van der Waals surface area contributed by atoms with Gasteiger partial charge in [-0.2, -0.15) is 5.10 Å². The van der Waals surface area contributed by atoms with E-state index in [1.807, 2.05) is 13.8 Å². The summed E-state index contributed by atoms with van der Waals surface area (Å²) in [5.41, 5.74) is 0.557. The predicted octanol–water partition coefficient (Wildman–Crippen LogP) is 2.59. The number of hydrogen-bond donors (Lipinski definition) is 1. The highest BCUT2D eigenvalue weighted by Gasteiger charge is 2.10. The molecule has 1 heterocycles. The van der Waals surface area contributed by atoms with E-state index in [-0.39, 0.29) is 5.91 Å². The zero-order valence-electron chi connectivity index (χ0n) is 12.2. The Kier molecular flexibility index (Phi) is 4.80. The van der Waals surface area contributed by atoms with Gasteiger partial charge in [-0.3, -0.25) is 4.79 Å². The Labute approximate surface area is 128 Å². The Morgan fingerprint density at radius 3 is 2.81 bits per heavy atom. The largest absolute Gasteiger partial charge is 0.495 e. The maximum Gasteiger partial charge on any atom is 0.226 e. The summed E-state index contributed by atoms with van der Waals surface area (Å²) >= 11 is 5.92. The fraction of sp³-hybridized carbons (Fsp3) is 0.357. The maximum atomic E-state index is 12.0. The molecule has 0 atom stereocenters. The van der Waals surface area contributed by atoms with Crippen LogP contribution in [0.5, 0.6) is 5.75 Å². The van der Waals surface area contributed by atoms with Crippen molar-refractivity contribution in [2.75, 3.05) is 12.4 Å². The van der Waals surface area contributed by atoms with Gasteiger partial charge in [0.05, 0.1) is 19.3 Å². The Morgan fingerprint density at radius 1 is 1.43 bits per heavy atom. The van der Waals surface area contributed by atoms with Gasteiger partial charge in [-0.15, -0.1) is 0 Å². The van der Waals surface area contributed by atoms with Gasteiger partial charge in [0.15, 0.2) is 0 Å². The van der Waals surface area contributed by atoms with E-state index in [1.54, 1.807) is 30.0 Å². The molecule has 0 saturated carbocycles. The monoisotopic (exact) mass is 308 g/mol.